The number of amides is 1. The quantitative estimate of drug-likeness (QED) is 0.591. The number of rotatable bonds is 2. The van der Waals surface area contributed by atoms with Crippen molar-refractivity contribution >= 4 is 5.91 Å². The van der Waals surface area contributed by atoms with Crippen molar-refractivity contribution in [1.82, 2.24) is 10.6 Å². The SMILES string of the molecule is O=C(N[C@@H]1CC[N]C1)C1CC1. The fourth-order valence-electron chi connectivity index (χ4n) is 1.37. The average molecular weight is 153 g/mol. The van der Waals surface area contributed by atoms with Crippen LogP contribution in [0.25, 0.3) is 0 Å². The van der Waals surface area contributed by atoms with Crippen LogP contribution in [0.1, 0.15) is 19.3 Å². The molecule has 2 fully saturated rings. The van der Waals surface area contributed by atoms with E-state index in [1.807, 2.05) is 0 Å². The lowest BCUT2D eigenvalue weighted by atomic mass is 10.2. The largest absolute Gasteiger partial charge is 0.352 e. The van der Waals surface area contributed by atoms with Crippen molar-refractivity contribution in [2.45, 2.75) is 25.3 Å². The molecule has 0 unspecified atom stereocenters. The molecule has 1 atom stereocenters. The highest BCUT2D eigenvalue weighted by atomic mass is 16.2. The average Bonchev–Trinajstić information content (AvgIpc) is 2.73. The van der Waals surface area contributed by atoms with Gasteiger partial charge in [-0.3, -0.25) is 4.79 Å². The first-order valence-corrected chi connectivity index (χ1v) is 4.30. The summed E-state index contributed by atoms with van der Waals surface area (Å²) in [6.07, 6.45) is 3.23. The summed E-state index contributed by atoms with van der Waals surface area (Å²) < 4.78 is 0. The maximum Gasteiger partial charge on any atom is 0.223 e. The van der Waals surface area contributed by atoms with Crippen molar-refractivity contribution in [1.29, 1.82) is 0 Å². The van der Waals surface area contributed by atoms with E-state index in [0.717, 1.165) is 32.4 Å². The molecule has 2 rings (SSSR count). The molecule has 0 aromatic rings. The second-order valence-electron chi connectivity index (χ2n) is 3.40. The van der Waals surface area contributed by atoms with Crippen LogP contribution < -0.4 is 10.6 Å². The number of nitrogens with one attached hydrogen (secondary N) is 1. The maximum absolute atomic E-state index is 11.2. The zero-order valence-corrected chi connectivity index (χ0v) is 6.55. The van der Waals surface area contributed by atoms with Crippen LogP contribution in [-0.4, -0.2) is 25.0 Å². The van der Waals surface area contributed by atoms with Crippen LogP contribution in [0.2, 0.25) is 0 Å². The van der Waals surface area contributed by atoms with Crippen LogP contribution in [0.4, 0.5) is 0 Å². The third-order valence-electron chi connectivity index (χ3n) is 2.28. The van der Waals surface area contributed by atoms with Crippen molar-refractivity contribution < 1.29 is 4.79 Å². The van der Waals surface area contributed by atoms with Crippen molar-refractivity contribution in [3.8, 4) is 0 Å². The summed E-state index contributed by atoms with van der Waals surface area (Å²) in [7, 11) is 0. The Balaban J connectivity index is 1.74. The molecule has 11 heavy (non-hydrogen) atoms. The van der Waals surface area contributed by atoms with Gasteiger partial charge in [-0.15, -0.1) is 0 Å². The van der Waals surface area contributed by atoms with Crippen molar-refractivity contribution in [3.63, 3.8) is 0 Å². The standard InChI is InChI=1S/C8H13N2O/c11-8(6-1-2-6)10-7-3-4-9-5-7/h6-7H,1-5H2,(H,10,11)/t7-/m1/s1. The number of hydrogen-bond donors (Lipinski definition) is 1. The summed E-state index contributed by atoms with van der Waals surface area (Å²) in [5.41, 5.74) is 0. The lowest BCUT2D eigenvalue weighted by Gasteiger charge is -2.09. The highest BCUT2D eigenvalue weighted by Gasteiger charge is 2.31. The van der Waals surface area contributed by atoms with E-state index < -0.39 is 0 Å². The molecule has 1 aliphatic carbocycles. The van der Waals surface area contributed by atoms with Crippen LogP contribution in [0.5, 0.6) is 0 Å². The Morgan fingerprint density at radius 1 is 1.36 bits per heavy atom. The second kappa shape index (κ2) is 2.81. The lowest BCUT2D eigenvalue weighted by molar-refractivity contribution is -0.122. The molecular formula is C8H13N2O. The predicted octanol–water partition coefficient (Wildman–Crippen LogP) is -0.111. The Hall–Kier alpha value is -0.570. The van der Waals surface area contributed by atoms with Crippen LogP contribution in [-0.2, 0) is 4.79 Å². The molecule has 0 aromatic carbocycles. The zero-order chi connectivity index (χ0) is 7.68. The van der Waals surface area contributed by atoms with E-state index in [0.29, 0.717) is 12.0 Å². The Kier molecular flexibility index (Phi) is 1.82. The fraction of sp³-hybridized carbons (Fsp3) is 0.875. The van der Waals surface area contributed by atoms with Gasteiger partial charge >= 0.3 is 0 Å². The maximum atomic E-state index is 11.2. The molecule has 1 saturated carbocycles. The molecule has 3 nitrogen and oxygen atoms in total. The van der Waals surface area contributed by atoms with Gasteiger partial charge in [-0.2, -0.15) is 0 Å². The lowest BCUT2D eigenvalue weighted by Crippen LogP contribution is -2.36. The van der Waals surface area contributed by atoms with Gasteiger partial charge in [0.25, 0.3) is 0 Å². The second-order valence-corrected chi connectivity index (χ2v) is 3.40. The predicted molar refractivity (Wildman–Crippen MR) is 41.1 cm³/mol. The van der Waals surface area contributed by atoms with Gasteiger partial charge in [0.15, 0.2) is 0 Å². The summed E-state index contributed by atoms with van der Waals surface area (Å²) in [6.45, 7) is 1.76. The molecule has 1 N–H and O–H groups in total. The minimum absolute atomic E-state index is 0.257. The summed E-state index contributed by atoms with van der Waals surface area (Å²) in [5, 5.41) is 7.19. The third-order valence-corrected chi connectivity index (χ3v) is 2.28. The summed E-state index contributed by atoms with van der Waals surface area (Å²) in [4.78, 5) is 11.2. The molecule has 0 bridgehead atoms. The number of carbonyl (C=O) groups excluding carboxylic acids is 1. The summed E-state index contributed by atoms with van der Waals surface area (Å²) in [6, 6.07) is 0.350. The van der Waals surface area contributed by atoms with Crippen molar-refractivity contribution in [2.75, 3.05) is 13.1 Å². The Morgan fingerprint density at radius 2 is 2.18 bits per heavy atom. The van der Waals surface area contributed by atoms with Gasteiger partial charge in [0.05, 0.1) is 0 Å². The van der Waals surface area contributed by atoms with Crippen LogP contribution >= 0.6 is 0 Å². The van der Waals surface area contributed by atoms with E-state index in [9.17, 15) is 4.79 Å². The van der Waals surface area contributed by atoms with Gasteiger partial charge in [-0.25, -0.2) is 5.32 Å². The van der Waals surface area contributed by atoms with E-state index in [1.165, 1.54) is 0 Å². The van der Waals surface area contributed by atoms with Gasteiger partial charge in [0.2, 0.25) is 5.91 Å². The van der Waals surface area contributed by atoms with E-state index >= 15 is 0 Å². The molecule has 1 saturated heterocycles. The van der Waals surface area contributed by atoms with E-state index in [1.54, 1.807) is 0 Å². The number of carbonyl (C=O) groups is 1. The number of nitrogens with zero attached hydrogens (tertiary/aromatic N) is 1. The molecule has 1 radical (unpaired) electrons. The number of hydrogen-bond acceptors (Lipinski definition) is 1. The summed E-state index contributed by atoms with van der Waals surface area (Å²) >= 11 is 0. The van der Waals surface area contributed by atoms with Crippen molar-refractivity contribution in [3.05, 3.63) is 0 Å². The minimum Gasteiger partial charge on any atom is -0.352 e. The Labute approximate surface area is 66.5 Å². The molecule has 1 aliphatic heterocycles. The third kappa shape index (κ3) is 1.71. The Bertz CT molecular complexity index is 159. The highest BCUT2D eigenvalue weighted by molar-refractivity contribution is 5.81. The molecule has 3 heteroatoms. The Morgan fingerprint density at radius 3 is 2.73 bits per heavy atom. The van der Waals surface area contributed by atoms with Gasteiger partial charge in [0, 0.05) is 25.0 Å². The van der Waals surface area contributed by atoms with E-state index in [4.69, 9.17) is 0 Å². The minimum atomic E-state index is 0.257. The van der Waals surface area contributed by atoms with Crippen LogP contribution in [0, 0.1) is 5.92 Å². The monoisotopic (exact) mass is 153 g/mol. The molecule has 2 aliphatic rings. The first kappa shape index (κ1) is 7.10. The molecular weight excluding hydrogens is 140 g/mol. The molecule has 1 heterocycles. The van der Waals surface area contributed by atoms with E-state index in [2.05, 4.69) is 10.6 Å². The molecule has 0 spiro atoms. The van der Waals surface area contributed by atoms with Gasteiger partial charge in [-0.1, -0.05) is 0 Å². The highest BCUT2D eigenvalue weighted by Crippen LogP contribution is 2.29. The zero-order valence-electron chi connectivity index (χ0n) is 6.55. The molecule has 61 valence electrons. The smallest absolute Gasteiger partial charge is 0.223 e. The van der Waals surface area contributed by atoms with Gasteiger partial charge < -0.3 is 5.32 Å². The first-order chi connectivity index (χ1) is 5.36. The van der Waals surface area contributed by atoms with Crippen LogP contribution in [0.3, 0.4) is 0 Å². The normalized spacial score (nSPS) is 30.4. The van der Waals surface area contributed by atoms with Crippen molar-refractivity contribution in [2.24, 2.45) is 5.92 Å². The fourth-order valence-corrected chi connectivity index (χ4v) is 1.37. The van der Waals surface area contributed by atoms with Crippen LogP contribution in [0.15, 0.2) is 0 Å². The first-order valence-electron chi connectivity index (χ1n) is 4.30. The summed E-state index contributed by atoms with van der Waals surface area (Å²) in [5.74, 6) is 0.600. The molecule has 0 aromatic heterocycles. The molecule has 1 amide bonds. The topological polar surface area (TPSA) is 43.2 Å². The van der Waals surface area contributed by atoms with Gasteiger partial charge in [0.1, 0.15) is 0 Å². The van der Waals surface area contributed by atoms with E-state index in [-0.39, 0.29) is 5.91 Å². The van der Waals surface area contributed by atoms with Gasteiger partial charge in [-0.05, 0) is 19.3 Å².